The van der Waals surface area contributed by atoms with Crippen molar-refractivity contribution in [1.29, 1.82) is 5.26 Å². The Morgan fingerprint density at radius 3 is 2.68 bits per heavy atom. The van der Waals surface area contributed by atoms with E-state index >= 15 is 0 Å². The van der Waals surface area contributed by atoms with Gasteiger partial charge in [-0.3, -0.25) is 4.79 Å². The molecular formula is C16H14N2O. The average Bonchev–Trinajstić information content (AvgIpc) is 2.88. The fourth-order valence-electron chi connectivity index (χ4n) is 2.89. The maximum absolute atomic E-state index is 12.0. The van der Waals surface area contributed by atoms with Crippen LogP contribution in [0.5, 0.6) is 0 Å². The van der Waals surface area contributed by atoms with Crippen LogP contribution in [-0.4, -0.2) is 4.98 Å². The number of aryl methyl sites for hydroxylation is 1. The van der Waals surface area contributed by atoms with E-state index < -0.39 is 0 Å². The van der Waals surface area contributed by atoms with Crippen molar-refractivity contribution < 1.29 is 0 Å². The molecule has 1 N–H and O–H groups in total. The number of pyridine rings is 1. The molecule has 0 spiro atoms. The third-order valence-corrected chi connectivity index (χ3v) is 3.81. The third-order valence-electron chi connectivity index (χ3n) is 3.81. The number of aromatic amines is 1. The molecule has 0 atom stereocenters. The maximum Gasteiger partial charge on any atom is 0.266 e. The number of benzene rings is 1. The first-order valence-electron chi connectivity index (χ1n) is 6.46. The lowest BCUT2D eigenvalue weighted by molar-refractivity contribution is 0.910. The molecule has 3 rings (SSSR count). The summed E-state index contributed by atoms with van der Waals surface area (Å²) in [4.78, 5) is 14.9. The highest BCUT2D eigenvalue weighted by Crippen LogP contribution is 2.32. The molecule has 3 nitrogen and oxygen atoms in total. The standard InChI is InChI=1S/C16H14N2O/c1-10-5-2-3-6-11(10)15-13-8-4-7-12(13)14(9-17)16(19)18-15/h2-3,5-6H,4,7-8H2,1H3,(H,18,19). The molecule has 1 heterocycles. The minimum atomic E-state index is -0.263. The molecule has 1 aromatic carbocycles. The second-order valence-corrected chi connectivity index (χ2v) is 4.94. The van der Waals surface area contributed by atoms with Crippen LogP contribution in [0.3, 0.4) is 0 Å². The van der Waals surface area contributed by atoms with Gasteiger partial charge in [0.25, 0.3) is 5.56 Å². The summed E-state index contributed by atoms with van der Waals surface area (Å²) in [5, 5.41) is 9.13. The molecule has 0 saturated carbocycles. The number of H-pyrrole nitrogens is 1. The molecule has 0 radical (unpaired) electrons. The minimum absolute atomic E-state index is 0.263. The van der Waals surface area contributed by atoms with E-state index in [0.717, 1.165) is 47.2 Å². The Balaban J connectivity index is 2.34. The molecule has 0 amide bonds. The van der Waals surface area contributed by atoms with Crippen molar-refractivity contribution in [2.75, 3.05) is 0 Å². The molecule has 1 aliphatic carbocycles. The van der Waals surface area contributed by atoms with Crippen molar-refractivity contribution in [3.05, 3.63) is 56.9 Å². The molecule has 94 valence electrons. The van der Waals surface area contributed by atoms with E-state index in [2.05, 4.69) is 4.98 Å². The summed E-state index contributed by atoms with van der Waals surface area (Å²) in [6, 6.07) is 10.1. The number of hydrogen-bond donors (Lipinski definition) is 1. The summed E-state index contributed by atoms with van der Waals surface area (Å²) >= 11 is 0. The molecule has 1 aromatic heterocycles. The zero-order valence-electron chi connectivity index (χ0n) is 10.8. The lowest BCUT2D eigenvalue weighted by Gasteiger charge is -2.11. The number of aromatic nitrogens is 1. The molecule has 1 aliphatic rings. The Hall–Kier alpha value is -2.34. The number of nitriles is 1. The monoisotopic (exact) mass is 250 g/mol. The third kappa shape index (κ3) is 1.77. The van der Waals surface area contributed by atoms with Crippen LogP contribution in [0.1, 0.15) is 28.7 Å². The van der Waals surface area contributed by atoms with E-state index in [4.69, 9.17) is 5.26 Å². The average molecular weight is 250 g/mol. The van der Waals surface area contributed by atoms with Gasteiger partial charge in [-0.1, -0.05) is 24.3 Å². The first-order chi connectivity index (χ1) is 9.22. The van der Waals surface area contributed by atoms with Crippen LogP contribution in [0, 0.1) is 18.3 Å². The van der Waals surface area contributed by atoms with Crippen LogP contribution in [0.15, 0.2) is 29.1 Å². The number of rotatable bonds is 1. The van der Waals surface area contributed by atoms with Crippen molar-refractivity contribution in [2.24, 2.45) is 0 Å². The smallest absolute Gasteiger partial charge is 0.266 e. The summed E-state index contributed by atoms with van der Waals surface area (Å²) in [7, 11) is 0. The van der Waals surface area contributed by atoms with Gasteiger partial charge in [-0.05, 0) is 42.9 Å². The summed E-state index contributed by atoms with van der Waals surface area (Å²) in [6.45, 7) is 2.03. The molecule has 0 unspecified atom stereocenters. The van der Waals surface area contributed by atoms with Crippen molar-refractivity contribution in [2.45, 2.75) is 26.2 Å². The van der Waals surface area contributed by atoms with Crippen LogP contribution in [0.4, 0.5) is 0 Å². The van der Waals surface area contributed by atoms with Gasteiger partial charge in [-0.2, -0.15) is 5.26 Å². The minimum Gasteiger partial charge on any atom is -0.321 e. The van der Waals surface area contributed by atoms with Gasteiger partial charge >= 0.3 is 0 Å². The Bertz CT molecular complexity index is 750. The van der Waals surface area contributed by atoms with E-state index in [1.54, 1.807) is 0 Å². The van der Waals surface area contributed by atoms with Crippen molar-refractivity contribution in [3.8, 4) is 17.3 Å². The zero-order valence-corrected chi connectivity index (χ0v) is 10.8. The van der Waals surface area contributed by atoms with E-state index in [9.17, 15) is 4.79 Å². The number of nitrogens with zero attached hydrogens (tertiary/aromatic N) is 1. The van der Waals surface area contributed by atoms with Crippen molar-refractivity contribution in [1.82, 2.24) is 4.98 Å². The molecule has 19 heavy (non-hydrogen) atoms. The lowest BCUT2D eigenvalue weighted by atomic mass is 9.97. The Morgan fingerprint density at radius 2 is 1.95 bits per heavy atom. The highest BCUT2D eigenvalue weighted by Gasteiger charge is 2.22. The quantitative estimate of drug-likeness (QED) is 0.846. The van der Waals surface area contributed by atoms with Crippen LogP contribution in [-0.2, 0) is 12.8 Å². The van der Waals surface area contributed by atoms with Gasteiger partial charge < -0.3 is 4.98 Å². The van der Waals surface area contributed by atoms with Gasteiger partial charge in [0.15, 0.2) is 0 Å². The fourth-order valence-corrected chi connectivity index (χ4v) is 2.89. The second-order valence-electron chi connectivity index (χ2n) is 4.94. The maximum atomic E-state index is 12.0. The van der Waals surface area contributed by atoms with E-state index in [1.165, 1.54) is 0 Å². The molecule has 3 heteroatoms. The summed E-state index contributed by atoms with van der Waals surface area (Å²) in [5.74, 6) is 0. The van der Waals surface area contributed by atoms with Gasteiger partial charge in [0, 0.05) is 5.56 Å². The normalized spacial score (nSPS) is 13.1. The van der Waals surface area contributed by atoms with E-state index in [0.29, 0.717) is 5.56 Å². The summed E-state index contributed by atoms with van der Waals surface area (Å²) in [5.41, 5.74) is 5.22. The van der Waals surface area contributed by atoms with Crippen LogP contribution in [0.2, 0.25) is 0 Å². The number of fused-ring (bicyclic) bond motifs is 1. The zero-order chi connectivity index (χ0) is 13.4. The Labute approximate surface area is 111 Å². The molecule has 0 saturated heterocycles. The second kappa shape index (κ2) is 4.40. The van der Waals surface area contributed by atoms with Crippen molar-refractivity contribution >= 4 is 0 Å². The van der Waals surface area contributed by atoms with Crippen LogP contribution >= 0.6 is 0 Å². The number of hydrogen-bond acceptors (Lipinski definition) is 2. The molecular weight excluding hydrogens is 236 g/mol. The Morgan fingerprint density at radius 1 is 1.21 bits per heavy atom. The fraction of sp³-hybridized carbons (Fsp3) is 0.250. The van der Waals surface area contributed by atoms with E-state index in [-0.39, 0.29) is 5.56 Å². The first kappa shape index (κ1) is 11.7. The molecule has 0 aliphatic heterocycles. The Kier molecular flexibility index (Phi) is 2.72. The van der Waals surface area contributed by atoms with Gasteiger partial charge in [0.05, 0.1) is 5.69 Å². The highest BCUT2D eigenvalue weighted by atomic mass is 16.1. The van der Waals surface area contributed by atoms with Crippen LogP contribution in [0.25, 0.3) is 11.3 Å². The highest BCUT2D eigenvalue weighted by molar-refractivity contribution is 5.70. The van der Waals surface area contributed by atoms with Gasteiger partial charge in [-0.25, -0.2) is 0 Å². The molecule has 0 fully saturated rings. The van der Waals surface area contributed by atoms with Gasteiger partial charge in [0.1, 0.15) is 11.6 Å². The largest absolute Gasteiger partial charge is 0.321 e. The van der Waals surface area contributed by atoms with Gasteiger partial charge in [-0.15, -0.1) is 0 Å². The molecule has 0 bridgehead atoms. The van der Waals surface area contributed by atoms with E-state index in [1.807, 2.05) is 37.3 Å². The summed E-state index contributed by atoms with van der Waals surface area (Å²) < 4.78 is 0. The summed E-state index contributed by atoms with van der Waals surface area (Å²) in [6.07, 6.45) is 2.78. The topological polar surface area (TPSA) is 56.6 Å². The predicted molar refractivity (Wildman–Crippen MR) is 74.0 cm³/mol. The SMILES string of the molecule is Cc1ccccc1-c1[nH]c(=O)c(C#N)c2c1CCC2. The van der Waals surface area contributed by atoms with Crippen LogP contribution < -0.4 is 5.56 Å². The predicted octanol–water partition coefficient (Wildman–Crippen LogP) is 2.71. The molecule has 2 aromatic rings. The van der Waals surface area contributed by atoms with Gasteiger partial charge in [0.2, 0.25) is 0 Å². The lowest BCUT2D eigenvalue weighted by Crippen LogP contribution is -2.15. The first-order valence-corrected chi connectivity index (χ1v) is 6.46. The number of nitrogens with one attached hydrogen (secondary N) is 1. The van der Waals surface area contributed by atoms with Crippen molar-refractivity contribution in [3.63, 3.8) is 0 Å².